The molecule has 2 fully saturated rings. The van der Waals surface area contributed by atoms with Crippen molar-refractivity contribution in [3.8, 4) is 0 Å². The third kappa shape index (κ3) is 5.98. The summed E-state index contributed by atoms with van der Waals surface area (Å²) in [7, 11) is 1.79. The van der Waals surface area contributed by atoms with Gasteiger partial charge in [0.25, 0.3) is 0 Å². The van der Waals surface area contributed by atoms with Crippen LogP contribution in [0.1, 0.15) is 36.5 Å². The van der Waals surface area contributed by atoms with E-state index in [-0.39, 0.29) is 36.0 Å². The lowest BCUT2D eigenvalue weighted by Crippen LogP contribution is -2.39. The Balaban J connectivity index is 0.00000272. The average Bonchev–Trinajstić information content (AvgIpc) is 3.44. The molecule has 166 valence electrons. The molecule has 2 N–H and O–H groups in total. The SMILES string of the molecule is CN=C(NCc1ccc(N2CCCC2=O)cc1)NCC1CCOC1c1ccccc1.I. The topological polar surface area (TPSA) is 66.0 Å². The number of hydrogen-bond donors (Lipinski definition) is 2. The summed E-state index contributed by atoms with van der Waals surface area (Å²) in [5.74, 6) is 1.42. The van der Waals surface area contributed by atoms with E-state index in [0.29, 0.717) is 18.9 Å². The molecule has 2 saturated heterocycles. The first-order valence-electron chi connectivity index (χ1n) is 10.7. The molecule has 2 aromatic rings. The summed E-state index contributed by atoms with van der Waals surface area (Å²) >= 11 is 0. The van der Waals surface area contributed by atoms with Gasteiger partial charge in [0.15, 0.2) is 5.96 Å². The van der Waals surface area contributed by atoms with Gasteiger partial charge in [-0.15, -0.1) is 24.0 Å². The molecule has 2 heterocycles. The summed E-state index contributed by atoms with van der Waals surface area (Å²) < 4.78 is 5.98. The highest BCUT2D eigenvalue weighted by Gasteiger charge is 2.29. The average molecular weight is 534 g/mol. The highest BCUT2D eigenvalue weighted by molar-refractivity contribution is 14.0. The van der Waals surface area contributed by atoms with Crippen molar-refractivity contribution in [3.63, 3.8) is 0 Å². The second-order valence-electron chi connectivity index (χ2n) is 7.87. The Morgan fingerprint density at radius 3 is 2.58 bits per heavy atom. The van der Waals surface area contributed by atoms with Gasteiger partial charge in [-0.1, -0.05) is 42.5 Å². The van der Waals surface area contributed by atoms with Gasteiger partial charge >= 0.3 is 0 Å². The molecule has 2 aliphatic rings. The zero-order chi connectivity index (χ0) is 20.8. The third-order valence-electron chi connectivity index (χ3n) is 5.88. The van der Waals surface area contributed by atoms with Crippen LogP contribution in [-0.2, 0) is 16.1 Å². The number of aliphatic imine (C=N–C) groups is 1. The van der Waals surface area contributed by atoms with Crippen molar-refractivity contribution in [2.45, 2.75) is 31.9 Å². The zero-order valence-corrected chi connectivity index (χ0v) is 20.3. The molecule has 1 amide bonds. The molecule has 0 aromatic heterocycles. The van der Waals surface area contributed by atoms with Crippen LogP contribution in [0.5, 0.6) is 0 Å². The minimum atomic E-state index is 0. The minimum absolute atomic E-state index is 0. The number of carbonyl (C=O) groups excluding carboxylic acids is 1. The maximum absolute atomic E-state index is 11.9. The second kappa shape index (κ2) is 11.5. The van der Waals surface area contributed by atoms with Crippen LogP contribution >= 0.6 is 24.0 Å². The molecule has 2 aromatic carbocycles. The van der Waals surface area contributed by atoms with Crippen LogP contribution in [0.25, 0.3) is 0 Å². The summed E-state index contributed by atoms with van der Waals surface area (Å²) in [4.78, 5) is 18.1. The van der Waals surface area contributed by atoms with Crippen LogP contribution in [0.3, 0.4) is 0 Å². The predicted molar refractivity (Wildman–Crippen MR) is 135 cm³/mol. The number of ether oxygens (including phenoxy) is 1. The smallest absolute Gasteiger partial charge is 0.227 e. The maximum Gasteiger partial charge on any atom is 0.227 e. The minimum Gasteiger partial charge on any atom is -0.373 e. The van der Waals surface area contributed by atoms with Crippen molar-refractivity contribution >= 4 is 41.5 Å². The summed E-state index contributed by atoms with van der Waals surface area (Å²) in [6, 6.07) is 18.6. The Morgan fingerprint density at radius 1 is 1.13 bits per heavy atom. The van der Waals surface area contributed by atoms with E-state index in [4.69, 9.17) is 4.74 Å². The molecule has 7 heteroatoms. The van der Waals surface area contributed by atoms with E-state index in [1.165, 1.54) is 5.56 Å². The maximum atomic E-state index is 11.9. The summed E-state index contributed by atoms with van der Waals surface area (Å²) in [6.45, 7) is 3.11. The van der Waals surface area contributed by atoms with Crippen LogP contribution in [0.2, 0.25) is 0 Å². The Kier molecular flexibility index (Phi) is 8.71. The fraction of sp³-hybridized carbons (Fsp3) is 0.417. The molecule has 2 unspecified atom stereocenters. The summed E-state index contributed by atoms with van der Waals surface area (Å²) in [5.41, 5.74) is 3.37. The fourth-order valence-corrected chi connectivity index (χ4v) is 4.20. The highest BCUT2D eigenvalue weighted by Crippen LogP contribution is 2.33. The van der Waals surface area contributed by atoms with Crippen molar-refractivity contribution in [2.24, 2.45) is 10.9 Å². The van der Waals surface area contributed by atoms with Crippen LogP contribution in [0.4, 0.5) is 5.69 Å². The normalized spacial score (nSPS) is 21.1. The number of halogens is 1. The van der Waals surface area contributed by atoms with Gasteiger partial charge in [-0.3, -0.25) is 9.79 Å². The number of anilines is 1. The lowest BCUT2D eigenvalue weighted by atomic mass is 9.95. The van der Waals surface area contributed by atoms with Gasteiger partial charge in [-0.05, 0) is 36.1 Å². The van der Waals surface area contributed by atoms with Crippen LogP contribution in [0.15, 0.2) is 59.6 Å². The van der Waals surface area contributed by atoms with Gasteiger partial charge in [0.05, 0.1) is 6.10 Å². The van der Waals surface area contributed by atoms with Gasteiger partial charge < -0.3 is 20.3 Å². The van der Waals surface area contributed by atoms with E-state index < -0.39 is 0 Å². The van der Waals surface area contributed by atoms with Crippen molar-refractivity contribution in [2.75, 3.05) is 31.6 Å². The van der Waals surface area contributed by atoms with Crippen LogP contribution < -0.4 is 15.5 Å². The van der Waals surface area contributed by atoms with Gasteiger partial charge in [0.1, 0.15) is 0 Å². The first-order valence-corrected chi connectivity index (χ1v) is 10.7. The number of guanidine groups is 1. The zero-order valence-electron chi connectivity index (χ0n) is 17.9. The Morgan fingerprint density at radius 2 is 1.90 bits per heavy atom. The Bertz CT molecular complexity index is 873. The van der Waals surface area contributed by atoms with E-state index in [1.54, 1.807) is 7.05 Å². The number of rotatable bonds is 6. The van der Waals surface area contributed by atoms with E-state index >= 15 is 0 Å². The van der Waals surface area contributed by atoms with Crippen molar-refractivity contribution < 1.29 is 9.53 Å². The summed E-state index contributed by atoms with van der Waals surface area (Å²) in [5, 5.41) is 6.83. The number of hydrogen-bond acceptors (Lipinski definition) is 3. The summed E-state index contributed by atoms with van der Waals surface area (Å²) in [6.07, 6.45) is 2.78. The Labute approximate surface area is 201 Å². The molecular formula is C24H31IN4O2. The molecule has 2 aliphatic heterocycles. The lowest BCUT2D eigenvalue weighted by Gasteiger charge is -2.21. The predicted octanol–water partition coefficient (Wildman–Crippen LogP) is 3.87. The van der Waals surface area contributed by atoms with Crippen LogP contribution in [-0.4, -0.2) is 38.6 Å². The number of nitrogens with one attached hydrogen (secondary N) is 2. The first-order chi connectivity index (χ1) is 14.7. The third-order valence-corrected chi connectivity index (χ3v) is 5.88. The van der Waals surface area contributed by atoms with E-state index in [9.17, 15) is 4.79 Å². The number of amides is 1. The van der Waals surface area contributed by atoms with Crippen molar-refractivity contribution in [1.29, 1.82) is 0 Å². The quantitative estimate of drug-likeness (QED) is 0.336. The van der Waals surface area contributed by atoms with Gasteiger partial charge in [-0.2, -0.15) is 0 Å². The van der Waals surface area contributed by atoms with Crippen LogP contribution in [0, 0.1) is 5.92 Å². The van der Waals surface area contributed by atoms with Crippen molar-refractivity contribution in [3.05, 3.63) is 65.7 Å². The molecule has 6 nitrogen and oxygen atoms in total. The van der Waals surface area contributed by atoms with Gasteiger partial charge in [0, 0.05) is 51.3 Å². The number of benzene rings is 2. The molecule has 31 heavy (non-hydrogen) atoms. The molecule has 0 bridgehead atoms. The van der Waals surface area contributed by atoms with Gasteiger partial charge in [0.2, 0.25) is 5.91 Å². The van der Waals surface area contributed by atoms with Gasteiger partial charge in [-0.25, -0.2) is 0 Å². The molecular weight excluding hydrogens is 503 g/mol. The molecule has 0 saturated carbocycles. The Hall–Kier alpha value is -2.13. The largest absolute Gasteiger partial charge is 0.373 e. The fourth-order valence-electron chi connectivity index (χ4n) is 4.20. The van der Waals surface area contributed by atoms with Crippen molar-refractivity contribution in [1.82, 2.24) is 10.6 Å². The molecule has 0 aliphatic carbocycles. The number of carbonyl (C=O) groups is 1. The molecule has 4 rings (SSSR count). The first kappa shape index (κ1) is 23.5. The monoisotopic (exact) mass is 534 g/mol. The van der Waals surface area contributed by atoms with E-state index in [0.717, 1.165) is 49.7 Å². The lowest BCUT2D eigenvalue weighted by molar-refractivity contribution is -0.117. The number of nitrogens with zero attached hydrogens (tertiary/aromatic N) is 2. The molecule has 2 atom stereocenters. The van der Waals surface area contributed by atoms with E-state index in [2.05, 4.69) is 52.0 Å². The molecule has 0 radical (unpaired) electrons. The standard InChI is InChI=1S/C24H30N4O2.HI/c1-25-24(27-17-20-13-15-30-23(20)19-6-3-2-4-7-19)26-16-18-9-11-21(12-10-18)28-14-5-8-22(28)29;/h2-4,6-7,9-12,20,23H,5,8,13-17H2,1H3,(H2,25,26,27);1H. The molecule has 0 spiro atoms. The highest BCUT2D eigenvalue weighted by atomic mass is 127. The second-order valence-corrected chi connectivity index (χ2v) is 7.87. The van der Waals surface area contributed by atoms with E-state index in [1.807, 2.05) is 23.1 Å².